The number of hydrogen-bond donors (Lipinski definition) is 2. The third-order valence-corrected chi connectivity index (χ3v) is 5.45. The Kier molecular flexibility index (Phi) is 5.34. The molecule has 1 aliphatic heterocycles. The fourth-order valence-corrected chi connectivity index (χ4v) is 3.90. The molecule has 27 heavy (non-hydrogen) atoms. The molecule has 0 aliphatic carbocycles. The van der Waals surface area contributed by atoms with E-state index in [1.165, 1.54) is 18.5 Å². The molecule has 1 aliphatic rings. The van der Waals surface area contributed by atoms with Gasteiger partial charge in [-0.3, -0.25) is 4.79 Å². The molecule has 0 bridgehead atoms. The van der Waals surface area contributed by atoms with Gasteiger partial charge < -0.3 is 15.5 Å². The molecule has 3 heterocycles. The van der Waals surface area contributed by atoms with E-state index in [0.717, 1.165) is 29.3 Å². The number of hydrogen-bond acceptors (Lipinski definition) is 5. The van der Waals surface area contributed by atoms with Gasteiger partial charge in [0.05, 0.1) is 18.3 Å². The molecule has 1 fully saturated rings. The number of nitrogens with one attached hydrogen (secondary N) is 2. The zero-order valence-corrected chi connectivity index (χ0v) is 15.8. The van der Waals surface area contributed by atoms with Gasteiger partial charge in [0, 0.05) is 29.3 Å². The van der Waals surface area contributed by atoms with Crippen LogP contribution in [0.15, 0.2) is 60.1 Å². The molecule has 0 unspecified atom stereocenters. The summed E-state index contributed by atoms with van der Waals surface area (Å²) in [5.41, 5.74) is 3.19. The lowest BCUT2D eigenvalue weighted by Gasteiger charge is -2.18. The Bertz CT molecular complexity index is 870. The van der Waals surface area contributed by atoms with E-state index >= 15 is 0 Å². The van der Waals surface area contributed by atoms with E-state index in [4.69, 9.17) is 0 Å². The third-order valence-electron chi connectivity index (χ3n) is 4.57. The van der Waals surface area contributed by atoms with E-state index in [1.807, 2.05) is 29.6 Å². The van der Waals surface area contributed by atoms with Gasteiger partial charge in [-0.15, -0.1) is 11.3 Å². The number of aromatic nitrogens is 1. The van der Waals surface area contributed by atoms with Gasteiger partial charge in [0.1, 0.15) is 5.82 Å². The van der Waals surface area contributed by atoms with Crippen LogP contribution in [0, 0.1) is 0 Å². The van der Waals surface area contributed by atoms with Gasteiger partial charge >= 0.3 is 0 Å². The first-order chi connectivity index (χ1) is 13.3. The molecule has 0 radical (unpaired) electrons. The van der Waals surface area contributed by atoms with Crippen molar-refractivity contribution in [2.24, 2.45) is 0 Å². The Balaban J connectivity index is 1.32. The molecule has 0 saturated carbocycles. The lowest BCUT2D eigenvalue weighted by Crippen LogP contribution is -2.17. The maximum Gasteiger partial charge on any atom is 0.230 e. The summed E-state index contributed by atoms with van der Waals surface area (Å²) < 4.78 is 0. The minimum Gasteiger partial charge on any atom is -0.372 e. The van der Waals surface area contributed by atoms with Gasteiger partial charge in [0.2, 0.25) is 5.91 Å². The summed E-state index contributed by atoms with van der Waals surface area (Å²) in [5, 5.41) is 8.15. The Hall–Kier alpha value is -2.86. The van der Waals surface area contributed by atoms with Crippen LogP contribution in [0.3, 0.4) is 0 Å². The molecule has 3 aromatic rings. The van der Waals surface area contributed by atoms with Crippen LogP contribution >= 0.6 is 11.3 Å². The predicted molar refractivity (Wildman–Crippen MR) is 112 cm³/mol. The van der Waals surface area contributed by atoms with Crippen molar-refractivity contribution >= 4 is 40.1 Å². The lowest BCUT2D eigenvalue weighted by atomic mass is 10.2. The SMILES string of the molecule is O=C(Cc1cccs1)Nc1ccc(Nc2ccc(N3CCCC3)cc2)cn1. The number of carbonyl (C=O) groups is 1. The average molecular weight is 379 g/mol. The molecule has 138 valence electrons. The average Bonchev–Trinajstić information content (AvgIpc) is 3.38. The quantitative estimate of drug-likeness (QED) is 0.654. The van der Waals surface area contributed by atoms with Crippen molar-refractivity contribution in [2.75, 3.05) is 28.6 Å². The first kappa shape index (κ1) is 17.5. The molecular weight excluding hydrogens is 356 g/mol. The van der Waals surface area contributed by atoms with Crippen LogP contribution in [0.25, 0.3) is 0 Å². The highest BCUT2D eigenvalue weighted by molar-refractivity contribution is 7.10. The third kappa shape index (κ3) is 4.65. The highest BCUT2D eigenvalue weighted by atomic mass is 32.1. The van der Waals surface area contributed by atoms with Gasteiger partial charge in [-0.1, -0.05) is 6.07 Å². The van der Waals surface area contributed by atoms with Gasteiger partial charge in [-0.05, 0) is 60.7 Å². The zero-order valence-electron chi connectivity index (χ0n) is 15.0. The minimum atomic E-state index is -0.0526. The van der Waals surface area contributed by atoms with E-state index in [-0.39, 0.29) is 5.91 Å². The second-order valence-corrected chi connectivity index (χ2v) is 7.63. The second kappa shape index (κ2) is 8.22. The number of anilines is 4. The first-order valence-electron chi connectivity index (χ1n) is 9.16. The Labute approximate surface area is 163 Å². The number of benzene rings is 1. The molecular formula is C21H22N4OS. The van der Waals surface area contributed by atoms with Crippen LogP contribution < -0.4 is 15.5 Å². The summed E-state index contributed by atoms with van der Waals surface area (Å²) in [6.07, 6.45) is 4.67. The molecule has 0 spiro atoms. The van der Waals surface area contributed by atoms with E-state index in [0.29, 0.717) is 12.2 Å². The number of nitrogens with zero attached hydrogens (tertiary/aromatic N) is 2. The summed E-state index contributed by atoms with van der Waals surface area (Å²) in [7, 11) is 0. The number of carbonyl (C=O) groups excluding carboxylic acids is 1. The molecule has 1 amide bonds. The normalized spacial score (nSPS) is 13.6. The standard InChI is InChI=1S/C21H22N4OS/c26-21(14-19-4-3-13-27-19)24-20-10-7-17(15-22-20)23-16-5-8-18(9-6-16)25-11-1-2-12-25/h3-10,13,15,23H,1-2,11-12,14H2,(H,22,24,26). The second-order valence-electron chi connectivity index (χ2n) is 6.60. The van der Waals surface area contributed by atoms with Crippen LogP contribution in [-0.2, 0) is 11.2 Å². The maximum atomic E-state index is 12.0. The molecule has 2 aromatic heterocycles. The smallest absolute Gasteiger partial charge is 0.230 e. The topological polar surface area (TPSA) is 57.3 Å². The predicted octanol–water partition coefficient (Wildman–Crippen LogP) is 4.67. The summed E-state index contributed by atoms with van der Waals surface area (Å²) in [5.74, 6) is 0.509. The minimum absolute atomic E-state index is 0.0526. The monoisotopic (exact) mass is 378 g/mol. The van der Waals surface area contributed by atoms with E-state index < -0.39 is 0 Å². The van der Waals surface area contributed by atoms with Gasteiger partial charge in [-0.25, -0.2) is 4.98 Å². The van der Waals surface area contributed by atoms with Crippen LogP contribution in [0.1, 0.15) is 17.7 Å². The fourth-order valence-electron chi connectivity index (χ4n) is 3.20. The molecule has 4 rings (SSSR count). The zero-order chi connectivity index (χ0) is 18.5. The Morgan fingerprint density at radius 3 is 2.48 bits per heavy atom. The molecule has 2 N–H and O–H groups in total. The highest BCUT2D eigenvalue weighted by Crippen LogP contribution is 2.24. The van der Waals surface area contributed by atoms with Crippen LogP contribution in [0.2, 0.25) is 0 Å². The molecule has 6 heteroatoms. The van der Waals surface area contributed by atoms with Crippen molar-refractivity contribution in [3.05, 3.63) is 65.0 Å². The van der Waals surface area contributed by atoms with Gasteiger partial charge in [0.15, 0.2) is 0 Å². The Morgan fingerprint density at radius 1 is 1.04 bits per heavy atom. The van der Waals surface area contributed by atoms with Crippen LogP contribution in [0.5, 0.6) is 0 Å². The highest BCUT2D eigenvalue weighted by Gasteiger charge is 2.11. The van der Waals surface area contributed by atoms with Crippen LogP contribution in [-0.4, -0.2) is 24.0 Å². The number of pyridine rings is 1. The Morgan fingerprint density at radius 2 is 1.81 bits per heavy atom. The number of rotatable bonds is 6. The van der Waals surface area contributed by atoms with Crippen molar-refractivity contribution in [1.82, 2.24) is 4.98 Å². The number of amides is 1. The van der Waals surface area contributed by atoms with Crippen molar-refractivity contribution in [3.8, 4) is 0 Å². The van der Waals surface area contributed by atoms with Crippen LogP contribution in [0.4, 0.5) is 22.9 Å². The molecule has 1 saturated heterocycles. The molecule has 5 nitrogen and oxygen atoms in total. The summed E-state index contributed by atoms with van der Waals surface area (Å²) in [6.45, 7) is 2.30. The van der Waals surface area contributed by atoms with E-state index in [1.54, 1.807) is 17.5 Å². The largest absolute Gasteiger partial charge is 0.372 e. The summed E-state index contributed by atoms with van der Waals surface area (Å²) in [6, 6.07) is 16.1. The molecule has 1 aromatic carbocycles. The van der Waals surface area contributed by atoms with E-state index in [2.05, 4.69) is 44.8 Å². The van der Waals surface area contributed by atoms with Crippen molar-refractivity contribution < 1.29 is 4.79 Å². The van der Waals surface area contributed by atoms with Gasteiger partial charge in [0.25, 0.3) is 0 Å². The summed E-state index contributed by atoms with van der Waals surface area (Å²) in [4.78, 5) is 19.8. The van der Waals surface area contributed by atoms with Crippen molar-refractivity contribution in [3.63, 3.8) is 0 Å². The van der Waals surface area contributed by atoms with Crippen molar-refractivity contribution in [1.29, 1.82) is 0 Å². The lowest BCUT2D eigenvalue weighted by molar-refractivity contribution is -0.115. The van der Waals surface area contributed by atoms with Gasteiger partial charge in [-0.2, -0.15) is 0 Å². The fraction of sp³-hybridized carbons (Fsp3) is 0.238. The number of thiophene rings is 1. The first-order valence-corrected chi connectivity index (χ1v) is 10.0. The summed E-state index contributed by atoms with van der Waals surface area (Å²) >= 11 is 1.58. The van der Waals surface area contributed by atoms with E-state index in [9.17, 15) is 4.79 Å². The van der Waals surface area contributed by atoms with Crippen molar-refractivity contribution in [2.45, 2.75) is 19.3 Å². The molecule has 0 atom stereocenters. The maximum absolute atomic E-state index is 12.0.